The third-order valence-electron chi connectivity index (χ3n) is 4.72. The second kappa shape index (κ2) is 4.68. The lowest BCUT2D eigenvalue weighted by atomic mass is 9.84. The summed E-state index contributed by atoms with van der Waals surface area (Å²) in [5, 5.41) is 1.16. The van der Waals surface area contributed by atoms with Crippen LogP contribution in [0, 0.1) is 0 Å². The first-order valence-electron chi connectivity index (χ1n) is 7.45. The fourth-order valence-corrected chi connectivity index (χ4v) is 3.29. The van der Waals surface area contributed by atoms with Gasteiger partial charge < -0.3 is 5.73 Å². The van der Waals surface area contributed by atoms with E-state index in [2.05, 4.69) is 59.6 Å². The van der Waals surface area contributed by atoms with Crippen molar-refractivity contribution in [1.82, 2.24) is 4.98 Å². The molecular formula is C19H18N2. The van der Waals surface area contributed by atoms with Crippen LogP contribution in [0.3, 0.4) is 0 Å². The molecule has 1 aliphatic rings. The summed E-state index contributed by atoms with van der Waals surface area (Å²) in [4.78, 5) is 4.38. The average Bonchev–Trinajstić information content (AvgIpc) is 3.36. The number of pyridine rings is 1. The largest absolute Gasteiger partial charge is 0.323 e. The molecule has 0 radical (unpaired) electrons. The molecule has 0 spiro atoms. The maximum Gasteiger partial charge on any atom is 0.0702 e. The predicted octanol–water partition coefficient (Wildman–Crippen LogP) is 3.97. The Morgan fingerprint density at radius 3 is 2.52 bits per heavy atom. The molecule has 104 valence electrons. The van der Waals surface area contributed by atoms with Gasteiger partial charge in [-0.2, -0.15) is 0 Å². The van der Waals surface area contributed by atoms with Gasteiger partial charge in [0.2, 0.25) is 0 Å². The fourth-order valence-electron chi connectivity index (χ4n) is 3.29. The lowest BCUT2D eigenvalue weighted by Gasteiger charge is -2.24. The maximum atomic E-state index is 6.64. The molecule has 1 heterocycles. The first kappa shape index (κ1) is 12.5. The molecule has 0 aliphatic heterocycles. The van der Waals surface area contributed by atoms with Crippen LogP contribution in [0.4, 0.5) is 0 Å². The lowest BCUT2D eigenvalue weighted by Crippen LogP contribution is -2.26. The molecule has 2 heteroatoms. The first-order valence-corrected chi connectivity index (χ1v) is 7.45. The molecule has 2 N–H and O–H groups in total. The van der Waals surface area contributed by atoms with Crippen LogP contribution in [0.5, 0.6) is 0 Å². The van der Waals surface area contributed by atoms with Gasteiger partial charge in [0, 0.05) is 23.0 Å². The van der Waals surface area contributed by atoms with E-state index in [1.165, 1.54) is 24.0 Å². The highest BCUT2D eigenvalue weighted by atomic mass is 14.7. The number of hydrogen-bond acceptors (Lipinski definition) is 2. The van der Waals surface area contributed by atoms with Gasteiger partial charge in [-0.1, -0.05) is 42.5 Å². The standard InChI is InChI=1S/C19H18N2/c20-18(19(10-11-19)16-6-2-1-3-7-16)15-8-9-17-14(13-15)5-4-12-21-17/h1-9,12-13,18H,10-11,20H2. The van der Waals surface area contributed by atoms with Gasteiger partial charge in [0.15, 0.2) is 0 Å². The van der Waals surface area contributed by atoms with Crippen molar-refractivity contribution >= 4 is 10.9 Å². The van der Waals surface area contributed by atoms with Crippen molar-refractivity contribution in [2.24, 2.45) is 5.73 Å². The molecule has 1 atom stereocenters. The van der Waals surface area contributed by atoms with Gasteiger partial charge in [-0.05, 0) is 42.2 Å². The van der Waals surface area contributed by atoms with Gasteiger partial charge in [-0.3, -0.25) is 4.98 Å². The maximum absolute atomic E-state index is 6.64. The minimum Gasteiger partial charge on any atom is -0.323 e. The molecule has 1 fully saturated rings. The van der Waals surface area contributed by atoms with Crippen LogP contribution in [-0.4, -0.2) is 4.98 Å². The molecule has 1 unspecified atom stereocenters. The number of nitrogens with two attached hydrogens (primary N) is 1. The second-order valence-electron chi connectivity index (χ2n) is 5.96. The van der Waals surface area contributed by atoms with Gasteiger partial charge in [-0.25, -0.2) is 0 Å². The molecule has 4 rings (SSSR count). The molecule has 3 aromatic rings. The normalized spacial score (nSPS) is 17.6. The number of benzene rings is 2. The van der Waals surface area contributed by atoms with Crippen molar-refractivity contribution in [2.45, 2.75) is 24.3 Å². The van der Waals surface area contributed by atoms with E-state index < -0.39 is 0 Å². The van der Waals surface area contributed by atoms with Crippen LogP contribution < -0.4 is 5.73 Å². The number of hydrogen-bond donors (Lipinski definition) is 1. The smallest absolute Gasteiger partial charge is 0.0702 e. The molecule has 0 saturated heterocycles. The Labute approximate surface area is 124 Å². The van der Waals surface area contributed by atoms with Gasteiger partial charge in [0.25, 0.3) is 0 Å². The van der Waals surface area contributed by atoms with Crippen LogP contribution in [-0.2, 0) is 5.41 Å². The molecule has 1 aromatic heterocycles. The van der Waals surface area contributed by atoms with Crippen molar-refractivity contribution in [3.05, 3.63) is 78.0 Å². The highest BCUT2D eigenvalue weighted by molar-refractivity contribution is 5.79. The highest BCUT2D eigenvalue weighted by Crippen LogP contribution is 2.55. The van der Waals surface area contributed by atoms with Crippen molar-refractivity contribution < 1.29 is 0 Å². The number of rotatable bonds is 3. The van der Waals surface area contributed by atoms with Crippen molar-refractivity contribution in [1.29, 1.82) is 0 Å². The average molecular weight is 274 g/mol. The van der Waals surface area contributed by atoms with Crippen molar-refractivity contribution in [3.63, 3.8) is 0 Å². The minimum atomic E-state index is 0.0458. The summed E-state index contributed by atoms with van der Waals surface area (Å²) in [5.41, 5.74) is 10.4. The zero-order valence-corrected chi connectivity index (χ0v) is 11.9. The Morgan fingerprint density at radius 1 is 0.952 bits per heavy atom. The van der Waals surface area contributed by atoms with Crippen LogP contribution in [0.15, 0.2) is 66.9 Å². The van der Waals surface area contributed by atoms with E-state index in [1.807, 2.05) is 12.3 Å². The number of fused-ring (bicyclic) bond motifs is 1. The van der Waals surface area contributed by atoms with Gasteiger partial charge >= 0.3 is 0 Å². The van der Waals surface area contributed by atoms with Gasteiger partial charge in [-0.15, -0.1) is 0 Å². The quantitative estimate of drug-likeness (QED) is 0.785. The monoisotopic (exact) mass is 274 g/mol. The van der Waals surface area contributed by atoms with Crippen LogP contribution in [0.1, 0.15) is 30.0 Å². The van der Waals surface area contributed by atoms with E-state index in [1.54, 1.807) is 0 Å². The number of nitrogens with zero attached hydrogens (tertiary/aromatic N) is 1. The van der Waals surface area contributed by atoms with E-state index in [-0.39, 0.29) is 11.5 Å². The minimum absolute atomic E-state index is 0.0458. The van der Waals surface area contributed by atoms with Crippen molar-refractivity contribution in [3.8, 4) is 0 Å². The Hall–Kier alpha value is -2.19. The third kappa shape index (κ3) is 2.03. The van der Waals surface area contributed by atoms with E-state index in [0.29, 0.717) is 0 Å². The highest BCUT2D eigenvalue weighted by Gasteiger charge is 2.49. The molecule has 1 aliphatic carbocycles. The predicted molar refractivity (Wildman–Crippen MR) is 86.0 cm³/mol. The topological polar surface area (TPSA) is 38.9 Å². The van der Waals surface area contributed by atoms with E-state index in [9.17, 15) is 0 Å². The Bertz CT molecular complexity index is 776. The van der Waals surface area contributed by atoms with E-state index in [4.69, 9.17) is 5.73 Å². The number of aromatic nitrogens is 1. The SMILES string of the molecule is NC(c1ccc2ncccc2c1)C1(c2ccccc2)CC1. The molecule has 0 bridgehead atoms. The molecular weight excluding hydrogens is 256 g/mol. The Balaban J connectivity index is 1.75. The van der Waals surface area contributed by atoms with Gasteiger partial charge in [0.05, 0.1) is 5.52 Å². The van der Waals surface area contributed by atoms with Crippen LogP contribution >= 0.6 is 0 Å². The fraction of sp³-hybridized carbons (Fsp3) is 0.211. The van der Waals surface area contributed by atoms with Gasteiger partial charge in [0.1, 0.15) is 0 Å². The van der Waals surface area contributed by atoms with E-state index in [0.717, 1.165) is 10.9 Å². The second-order valence-corrected chi connectivity index (χ2v) is 5.96. The molecule has 21 heavy (non-hydrogen) atoms. The summed E-state index contributed by atoms with van der Waals surface area (Å²) in [5.74, 6) is 0. The molecule has 2 nitrogen and oxygen atoms in total. The summed E-state index contributed by atoms with van der Waals surface area (Å²) < 4.78 is 0. The molecule has 1 saturated carbocycles. The summed E-state index contributed by atoms with van der Waals surface area (Å²) in [6.07, 6.45) is 4.17. The zero-order chi connectivity index (χ0) is 14.3. The summed E-state index contributed by atoms with van der Waals surface area (Å²) >= 11 is 0. The summed E-state index contributed by atoms with van der Waals surface area (Å²) in [7, 11) is 0. The third-order valence-corrected chi connectivity index (χ3v) is 4.72. The summed E-state index contributed by atoms with van der Waals surface area (Å²) in [6.45, 7) is 0. The van der Waals surface area contributed by atoms with Crippen molar-refractivity contribution in [2.75, 3.05) is 0 Å². The Morgan fingerprint density at radius 2 is 1.76 bits per heavy atom. The molecule has 2 aromatic carbocycles. The van der Waals surface area contributed by atoms with E-state index >= 15 is 0 Å². The molecule has 0 amide bonds. The summed E-state index contributed by atoms with van der Waals surface area (Å²) in [6, 6.07) is 21.2. The van der Waals surface area contributed by atoms with Crippen LogP contribution in [0.25, 0.3) is 10.9 Å². The zero-order valence-electron chi connectivity index (χ0n) is 11.9. The Kier molecular flexibility index (Phi) is 2.79. The lowest BCUT2D eigenvalue weighted by molar-refractivity contribution is 0.542. The first-order chi connectivity index (χ1) is 10.3. The van der Waals surface area contributed by atoms with Crippen LogP contribution in [0.2, 0.25) is 0 Å².